The zero-order valence-electron chi connectivity index (χ0n) is 14.4. The summed E-state index contributed by atoms with van der Waals surface area (Å²) in [6, 6.07) is 14.2. The molecule has 0 fully saturated rings. The second-order valence-electron chi connectivity index (χ2n) is 6.41. The van der Waals surface area contributed by atoms with Crippen LogP contribution in [0.3, 0.4) is 0 Å². The highest BCUT2D eigenvalue weighted by atomic mass is 19.1. The lowest BCUT2D eigenvalue weighted by molar-refractivity contribution is -0.134. The zero-order valence-corrected chi connectivity index (χ0v) is 14.4. The van der Waals surface area contributed by atoms with Crippen LogP contribution in [0.4, 0.5) is 10.1 Å². The monoisotopic (exact) mass is 340 g/mol. The van der Waals surface area contributed by atoms with Gasteiger partial charge < -0.3 is 9.80 Å². The average molecular weight is 340 g/mol. The van der Waals surface area contributed by atoms with E-state index in [1.165, 1.54) is 17.9 Å². The fraction of sp³-hybridized carbons (Fsp3) is 0.300. The molecule has 0 spiro atoms. The van der Waals surface area contributed by atoms with E-state index in [0.717, 1.165) is 17.7 Å². The van der Waals surface area contributed by atoms with Gasteiger partial charge in [-0.15, -0.1) is 0 Å². The first-order valence-electron chi connectivity index (χ1n) is 8.36. The summed E-state index contributed by atoms with van der Waals surface area (Å²) in [5, 5.41) is 0. The Hall–Kier alpha value is -2.69. The van der Waals surface area contributed by atoms with Crippen molar-refractivity contribution in [3.63, 3.8) is 0 Å². The van der Waals surface area contributed by atoms with Crippen LogP contribution in [-0.4, -0.2) is 29.3 Å². The van der Waals surface area contributed by atoms with E-state index in [2.05, 4.69) is 0 Å². The molecule has 0 radical (unpaired) electrons. The van der Waals surface area contributed by atoms with Crippen molar-refractivity contribution in [2.45, 2.75) is 32.9 Å². The van der Waals surface area contributed by atoms with Crippen LogP contribution in [0.5, 0.6) is 0 Å². The van der Waals surface area contributed by atoms with Gasteiger partial charge >= 0.3 is 0 Å². The molecule has 1 heterocycles. The lowest BCUT2D eigenvalue weighted by Crippen LogP contribution is -2.44. The number of hydrogen-bond donors (Lipinski definition) is 0. The second-order valence-corrected chi connectivity index (χ2v) is 6.41. The van der Waals surface area contributed by atoms with Gasteiger partial charge in [-0.3, -0.25) is 9.59 Å². The minimum Gasteiger partial charge on any atom is -0.329 e. The SMILES string of the molecule is CC(=O)N(CC(=O)N1c2ccccc2CC1C)Cc1ccccc1F. The number of para-hydroxylation sites is 1. The van der Waals surface area contributed by atoms with E-state index in [1.807, 2.05) is 31.2 Å². The molecule has 0 saturated heterocycles. The molecule has 2 aromatic carbocycles. The van der Waals surface area contributed by atoms with Gasteiger partial charge in [0.1, 0.15) is 12.4 Å². The summed E-state index contributed by atoms with van der Waals surface area (Å²) in [5.41, 5.74) is 2.43. The normalized spacial score (nSPS) is 15.8. The van der Waals surface area contributed by atoms with Gasteiger partial charge in [0, 0.05) is 30.8 Å². The van der Waals surface area contributed by atoms with Crippen molar-refractivity contribution in [1.29, 1.82) is 0 Å². The molecule has 1 atom stereocenters. The van der Waals surface area contributed by atoms with Crippen LogP contribution in [0.1, 0.15) is 25.0 Å². The van der Waals surface area contributed by atoms with Gasteiger partial charge in [0.2, 0.25) is 11.8 Å². The van der Waals surface area contributed by atoms with E-state index in [9.17, 15) is 14.0 Å². The van der Waals surface area contributed by atoms with E-state index in [0.29, 0.717) is 5.56 Å². The van der Waals surface area contributed by atoms with Crippen LogP contribution in [0, 0.1) is 5.82 Å². The first-order valence-corrected chi connectivity index (χ1v) is 8.36. The van der Waals surface area contributed by atoms with Crippen molar-refractivity contribution >= 4 is 17.5 Å². The number of amides is 2. The third-order valence-electron chi connectivity index (χ3n) is 4.57. The molecular weight excluding hydrogens is 319 g/mol. The van der Waals surface area contributed by atoms with Crippen LogP contribution in [0.15, 0.2) is 48.5 Å². The predicted octanol–water partition coefficient (Wildman–Crippen LogP) is 3.15. The van der Waals surface area contributed by atoms with E-state index < -0.39 is 0 Å². The lowest BCUT2D eigenvalue weighted by Gasteiger charge is -2.27. The van der Waals surface area contributed by atoms with Crippen molar-refractivity contribution in [2.24, 2.45) is 0 Å². The Morgan fingerprint density at radius 3 is 2.56 bits per heavy atom. The predicted molar refractivity (Wildman–Crippen MR) is 94.6 cm³/mol. The molecule has 5 heteroatoms. The van der Waals surface area contributed by atoms with E-state index in [-0.39, 0.29) is 36.8 Å². The van der Waals surface area contributed by atoms with Crippen molar-refractivity contribution in [3.8, 4) is 0 Å². The Morgan fingerprint density at radius 2 is 1.84 bits per heavy atom. The smallest absolute Gasteiger partial charge is 0.246 e. The average Bonchev–Trinajstić information content (AvgIpc) is 2.91. The van der Waals surface area contributed by atoms with Gasteiger partial charge in [0.15, 0.2) is 0 Å². The van der Waals surface area contributed by atoms with Crippen molar-refractivity contribution in [3.05, 3.63) is 65.5 Å². The van der Waals surface area contributed by atoms with Gasteiger partial charge in [0.25, 0.3) is 0 Å². The van der Waals surface area contributed by atoms with Crippen LogP contribution >= 0.6 is 0 Å². The number of carbonyl (C=O) groups excluding carboxylic acids is 2. The molecule has 25 heavy (non-hydrogen) atoms. The van der Waals surface area contributed by atoms with Crippen LogP contribution in [0.2, 0.25) is 0 Å². The number of fused-ring (bicyclic) bond motifs is 1. The molecule has 1 aliphatic rings. The summed E-state index contributed by atoms with van der Waals surface area (Å²) >= 11 is 0. The number of halogens is 1. The number of anilines is 1. The molecule has 3 rings (SSSR count). The molecule has 0 saturated carbocycles. The maximum Gasteiger partial charge on any atom is 0.246 e. The topological polar surface area (TPSA) is 40.6 Å². The standard InChI is InChI=1S/C20H21FN2O2/c1-14-11-16-7-4-6-10-19(16)23(14)20(25)13-22(15(2)24)12-17-8-3-5-9-18(17)21/h3-10,14H,11-13H2,1-2H3. The molecule has 1 aliphatic heterocycles. The van der Waals surface area contributed by atoms with Crippen LogP contribution in [0.25, 0.3) is 0 Å². The molecule has 1 unspecified atom stereocenters. The number of nitrogens with zero attached hydrogens (tertiary/aromatic N) is 2. The molecule has 4 nitrogen and oxygen atoms in total. The molecule has 130 valence electrons. The van der Waals surface area contributed by atoms with E-state index in [1.54, 1.807) is 23.1 Å². The summed E-state index contributed by atoms with van der Waals surface area (Å²) in [6.45, 7) is 3.41. The maximum absolute atomic E-state index is 13.9. The molecule has 0 aliphatic carbocycles. The Morgan fingerprint density at radius 1 is 1.16 bits per heavy atom. The Balaban J connectivity index is 1.78. The Bertz CT molecular complexity index is 806. The van der Waals surface area contributed by atoms with Crippen molar-refractivity contribution in [1.82, 2.24) is 4.90 Å². The summed E-state index contributed by atoms with van der Waals surface area (Å²) in [5.74, 6) is -0.776. The van der Waals surface area contributed by atoms with Crippen molar-refractivity contribution in [2.75, 3.05) is 11.4 Å². The van der Waals surface area contributed by atoms with Gasteiger partial charge in [-0.05, 0) is 31.0 Å². The first kappa shape index (κ1) is 17.1. The molecule has 2 aromatic rings. The lowest BCUT2D eigenvalue weighted by atomic mass is 10.1. The quantitative estimate of drug-likeness (QED) is 0.858. The largest absolute Gasteiger partial charge is 0.329 e. The molecule has 0 bridgehead atoms. The van der Waals surface area contributed by atoms with Gasteiger partial charge in [-0.2, -0.15) is 0 Å². The number of benzene rings is 2. The summed E-state index contributed by atoms with van der Waals surface area (Å²) in [7, 11) is 0. The molecule has 0 N–H and O–H groups in total. The summed E-state index contributed by atoms with van der Waals surface area (Å²) < 4.78 is 13.9. The zero-order chi connectivity index (χ0) is 18.0. The summed E-state index contributed by atoms with van der Waals surface area (Å²) in [6.07, 6.45) is 0.801. The fourth-order valence-electron chi connectivity index (χ4n) is 3.30. The molecule has 0 aromatic heterocycles. The van der Waals surface area contributed by atoms with Crippen molar-refractivity contribution < 1.29 is 14.0 Å². The highest BCUT2D eigenvalue weighted by molar-refractivity contribution is 5.98. The van der Waals surface area contributed by atoms with E-state index >= 15 is 0 Å². The Kier molecular flexibility index (Phi) is 4.83. The number of rotatable bonds is 4. The highest BCUT2D eigenvalue weighted by Gasteiger charge is 2.31. The van der Waals surface area contributed by atoms with Gasteiger partial charge in [0.05, 0.1) is 0 Å². The third-order valence-corrected chi connectivity index (χ3v) is 4.57. The summed E-state index contributed by atoms with van der Waals surface area (Å²) in [4.78, 5) is 27.9. The number of hydrogen-bond acceptors (Lipinski definition) is 2. The molecule has 2 amide bonds. The van der Waals surface area contributed by atoms with Gasteiger partial charge in [-0.1, -0.05) is 36.4 Å². The third kappa shape index (κ3) is 3.55. The highest BCUT2D eigenvalue weighted by Crippen LogP contribution is 2.31. The Labute approximate surface area is 146 Å². The number of carbonyl (C=O) groups is 2. The van der Waals surface area contributed by atoms with Crippen LogP contribution in [-0.2, 0) is 22.6 Å². The van der Waals surface area contributed by atoms with E-state index in [4.69, 9.17) is 0 Å². The second kappa shape index (κ2) is 7.05. The molecular formula is C20H21FN2O2. The minimum atomic E-state index is -0.374. The fourth-order valence-corrected chi connectivity index (χ4v) is 3.30. The maximum atomic E-state index is 13.9. The van der Waals surface area contributed by atoms with Gasteiger partial charge in [-0.25, -0.2) is 4.39 Å². The first-order chi connectivity index (χ1) is 12.0. The van der Waals surface area contributed by atoms with Crippen LogP contribution < -0.4 is 4.90 Å². The minimum absolute atomic E-state index is 0.0483.